The van der Waals surface area contributed by atoms with Crippen LogP contribution in [0, 0.1) is 0 Å². The summed E-state index contributed by atoms with van der Waals surface area (Å²) in [7, 11) is 0. The highest BCUT2D eigenvalue weighted by molar-refractivity contribution is 6.13. The van der Waals surface area contributed by atoms with Crippen LogP contribution >= 0.6 is 0 Å². The smallest absolute Gasteiger partial charge is 0.161 e. The van der Waals surface area contributed by atoms with Crippen molar-refractivity contribution in [3.63, 3.8) is 0 Å². The summed E-state index contributed by atoms with van der Waals surface area (Å²) in [5.41, 5.74) is 6.41. The van der Waals surface area contributed by atoms with Gasteiger partial charge in [0.05, 0.1) is 39.6 Å². The van der Waals surface area contributed by atoms with Gasteiger partial charge in [-0.15, -0.1) is 0 Å². The number of hydrogen-bond donors (Lipinski definition) is 0. The van der Waals surface area contributed by atoms with Gasteiger partial charge in [0.15, 0.2) is 34.5 Å². The van der Waals surface area contributed by atoms with Crippen LogP contribution in [-0.2, 0) is 0 Å². The molecule has 0 N–H and O–H groups in total. The molecular weight excluding hydrogens is 769 g/mol. The molecule has 0 amide bonds. The zero-order valence-electron chi connectivity index (χ0n) is 38.4. The van der Waals surface area contributed by atoms with Crippen molar-refractivity contribution < 1.29 is 28.4 Å². The van der Waals surface area contributed by atoms with Gasteiger partial charge in [0.2, 0.25) is 0 Å². The molecule has 0 heterocycles. The average molecular weight is 839 g/mol. The second kappa shape index (κ2) is 24.3. The molecule has 0 saturated carbocycles. The number of fused-ring (bicyclic) bond motifs is 2. The van der Waals surface area contributed by atoms with E-state index in [4.69, 9.17) is 28.4 Å². The first kappa shape index (κ1) is 46.2. The highest BCUT2D eigenvalue weighted by Crippen LogP contribution is 2.49. The topological polar surface area (TPSA) is 55.4 Å². The third-order valence-corrected chi connectivity index (χ3v) is 11.3. The van der Waals surface area contributed by atoms with E-state index in [1.165, 1.54) is 10.8 Å². The summed E-state index contributed by atoms with van der Waals surface area (Å²) in [5, 5.41) is 4.67. The molecule has 0 aliphatic rings. The molecule has 6 aromatic rings. The Balaban J connectivity index is 1.68. The highest BCUT2D eigenvalue weighted by atomic mass is 16.5. The molecule has 0 fully saturated rings. The molecule has 6 rings (SSSR count). The normalized spacial score (nSPS) is 11.3. The van der Waals surface area contributed by atoms with E-state index in [-0.39, 0.29) is 0 Å². The van der Waals surface area contributed by atoms with Crippen LogP contribution in [0.4, 0.5) is 0 Å². The van der Waals surface area contributed by atoms with Crippen molar-refractivity contribution >= 4 is 21.5 Å². The van der Waals surface area contributed by atoms with Crippen molar-refractivity contribution in [3.05, 3.63) is 97.1 Å². The summed E-state index contributed by atoms with van der Waals surface area (Å²) in [4.78, 5) is 0. The van der Waals surface area contributed by atoms with E-state index in [1.54, 1.807) is 0 Å². The van der Waals surface area contributed by atoms with Gasteiger partial charge < -0.3 is 28.4 Å². The van der Waals surface area contributed by atoms with Crippen LogP contribution in [-0.4, -0.2) is 39.6 Å². The van der Waals surface area contributed by atoms with E-state index in [2.05, 4.69) is 139 Å². The van der Waals surface area contributed by atoms with Gasteiger partial charge in [0.25, 0.3) is 0 Å². The van der Waals surface area contributed by atoms with Crippen molar-refractivity contribution in [1.29, 1.82) is 0 Å². The monoisotopic (exact) mass is 839 g/mol. The summed E-state index contributed by atoms with van der Waals surface area (Å²) in [6.45, 7) is 16.9. The summed E-state index contributed by atoms with van der Waals surface area (Å²) >= 11 is 0. The predicted octanol–water partition coefficient (Wildman–Crippen LogP) is 16.1. The maximum Gasteiger partial charge on any atom is 0.161 e. The molecule has 0 atom stereocenters. The van der Waals surface area contributed by atoms with Crippen LogP contribution in [0.5, 0.6) is 34.5 Å². The SMILES string of the molecule is CCCCOc1ccc(-c2cc3cc4ccccc4cc3c(-c3ccc(OCCCC)c(OCCCC)c3)c2-c2ccc(OCCCC)c(OCCCC)c2)cc1OCCCC. The van der Waals surface area contributed by atoms with Crippen LogP contribution in [0.1, 0.15) is 119 Å². The maximum absolute atomic E-state index is 6.58. The average Bonchev–Trinajstić information content (AvgIpc) is 3.29. The first-order chi connectivity index (χ1) is 30.5. The van der Waals surface area contributed by atoms with Crippen molar-refractivity contribution in [2.75, 3.05) is 39.6 Å². The van der Waals surface area contributed by atoms with E-state index >= 15 is 0 Å². The Morgan fingerprint density at radius 3 is 1.08 bits per heavy atom. The van der Waals surface area contributed by atoms with Crippen molar-refractivity contribution in [2.45, 2.75) is 119 Å². The number of unbranched alkanes of at least 4 members (excludes halogenated alkanes) is 6. The Morgan fingerprint density at radius 1 is 0.306 bits per heavy atom. The lowest BCUT2D eigenvalue weighted by atomic mass is 9.83. The van der Waals surface area contributed by atoms with E-state index < -0.39 is 0 Å². The van der Waals surface area contributed by atoms with Crippen LogP contribution < -0.4 is 28.4 Å². The number of rotatable bonds is 27. The first-order valence-corrected chi connectivity index (χ1v) is 23.7. The van der Waals surface area contributed by atoms with Gasteiger partial charge in [-0.05, 0) is 148 Å². The van der Waals surface area contributed by atoms with E-state index in [1.807, 2.05) is 0 Å². The fraction of sp³-hybridized carbons (Fsp3) is 0.429. The largest absolute Gasteiger partial charge is 0.490 e. The van der Waals surface area contributed by atoms with Crippen LogP contribution in [0.15, 0.2) is 97.1 Å². The molecule has 6 aromatic carbocycles. The number of hydrogen-bond acceptors (Lipinski definition) is 6. The molecule has 330 valence electrons. The second-order valence-corrected chi connectivity index (χ2v) is 16.3. The lowest BCUT2D eigenvalue weighted by Crippen LogP contribution is -2.04. The summed E-state index contributed by atoms with van der Waals surface area (Å²) in [6.07, 6.45) is 12.1. The van der Waals surface area contributed by atoms with Gasteiger partial charge in [-0.2, -0.15) is 0 Å². The zero-order valence-corrected chi connectivity index (χ0v) is 38.4. The minimum absolute atomic E-state index is 0.615. The molecule has 0 bridgehead atoms. The standard InChI is InChI=1S/C56H70O6/c1-7-13-29-57-49-26-23-43(38-52(49)60-32-16-10-4)47-37-46-35-41-21-19-20-22-42(41)36-48(46)56(45-25-28-51(59-31-15-9-3)54(40-45)62-34-18-12-6)55(47)44-24-27-50(58-30-14-8-2)53(39-44)61-33-17-11-5/h19-28,35-40H,7-18,29-34H2,1-6H3. The van der Waals surface area contributed by atoms with E-state index in [0.29, 0.717) is 39.6 Å². The molecule has 6 nitrogen and oxygen atoms in total. The fourth-order valence-corrected chi connectivity index (χ4v) is 7.58. The van der Waals surface area contributed by atoms with Gasteiger partial charge in [-0.3, -0.25) is 0 Å². The van der Waals surface area contributed by atoms with Crippen molar-refractivity contribution in [1.82, 2.24) is 0 Å². The third kappa shape index (κ3) is 12.0. The fourth-order valence-electron chi connectivity index (χ4n) is 7.58. The Bertz CT molecular complexity index is 2310. The molecule has 0 spiro atoms. The molecule has 0 aliphatic heterocycles. The van der Waals surface area contributed by atoms with Crippen molar-refractivity contribution in [3.8, 4) is 67.9 Å². The molecular formula is C56H70O6. The van der Waals surface area contributed by atoms with E-state index in [0.717, 1.165) is 156 Å². The van der Waals surface area contributed by atoms with Gasteiger partial charge in [0.1, 0.15) is 0 Å². The van der Waals surface area contributed by atoms with Crippen LogP contribution in [0.25, 0.3) is 54.9 Å². The second-order valence-electron chi connectivity index (χ2n) is 16.3. The molecule has 62 heavy (non-hydrogen) atoms. The quantitative estimate of drug-likeness (QED) is 0.0380. The minimum Gasteiger partial charge on any atom is -0.490 e. The Hall–Kier alpha value is -5.36. The molecule has 0 aliphatic carbocycles. The lowest BCUT2D eigenvalue weighted by molar-refractivity contribution is 0.262. The maximum atomic E-state index is 6.58. The molecule has 0 radical (unpaired) electrons. The van der Waals surface area contributed by atoms with E-state index in [9.17, 15) is 0 Å². The third-order valence-electron chi connectivity index (χ3n) is 11.3. The van der Waals surface area contributed by atoms with Crippen molar-refractivity contribution in [2.24, 2.45) is 0 Å². The summed E-state index contributed by atoms with van der Waals surface area (Å²) in [6, 6.07) is 35.1. The Kier molecular flexibility index (Phi) is 18.1. The van der Waals surface area contributed by atoms with Gasteiger partial charge in [0, 0.05) is 0 Å². The van der Waals surface area contributed by atoms with Gasteiger partial charge in [-0.1, -0.05) is 123 Å². The minimum atomic E-state index is 0.615. The molecule has 0 unspecified atom stereocenters. The van der Waals surface area contributed by atoms with Crippen LogP contribution in [0.2, 0.25) is 0 Å². The summed E-state index contributed by atoms with van der Waals surface area (Å²) < 4.78 is 38.8. The molecule has 6 heteroatoms. The Labute approximate surface area is 371 Å². The lowest BCUT2D eigenvalue weighted by Gasteiger charge is -2.23. The molecule has 0 saturated heterocycles. The predicted molar refractivity (Wildman–Crippen MR) is 260 cm³/mol. The molecule has 0 aromatic heterocycles. The number of ether oxygens (including phenoxy) is 6. The zero-order chi connectivity index (χ0) is 43.5. The highest BCUT2D eigenvalue weighted by Gasteiger charge is 2.23. The van der Waals surface area contributed by atoms with Crippen LogP contribution in [0.3, 0.4) is 0 Å². The van der Waals surface area contributed by atoms with Gasteiger partial charge >= 0.3 is 0 Å². The number of benzene rings is 6. The summed E-state index contributed by atoms with van der Waals surface area (Å²) in [5.74, 6) is 4.61. The Morgan fingerprint density at radius 2 is 0.661 bits per heavy atom. The first-order valence-electron chi connectivity index (χ1n) is 23.7. The van der Waals surface area contributed by atoms with Gasteiger partial charge in [-0.25, -0.2) is 0 Å².